The number of anilines is 2. The lowest BCUT2D eigenvalue weighted by molar-refractivity contribution is 0.967. The van der Waals surface area contributed by atoms with Crippen molar-refractivity contribution < 1.29 is 0 Å². The summed E-state index contributed by atoms with van der Waals surface area (Å²) in [6.45, 7) is 0. The zero-order valence-corrected chi connectivity index (χ0v) is 14.7. The van der Waals surface area contributed by atoms with Crippen LogP contribution in [0.25, 0.3) is 22.3 Å². The van der Waals surface area contributed by atoms with E-state index in [4.69, 9.17) is 5.73 Å². The topological polar surface area (TPSA) is 38.0 Å². The Morgan fingerprint density at radius 3 is 2.38 bits per heavy atom. The molecule has 0 heterocycles. The van der Waals surface area contributed by atoms with E-state index in [0.29, 0.717) is 0 Å². The average molecular weight is 338 g/mol. The lowest BCUT2D eigenvalue weighted by Gasteiger charge is -2.16. The van der Waals surface area contributed by atoms with Crippen LogP contribution >= 0.6 is 0 Å². The molecule has 1 aliphatic rings. The van der Waals surface area contributed by atoms with E-state index in [1.165, 1.54) is 28.0 Å². The van der Waals surface area contributed by atoms with E-state index in [9.17, 15) is 0 Å². The number of hydrogen-bond acceptors (Lipinski definition) is 2. The van der Waals surface area contributed by atoms with Crippen molar-refractivity contribution >= 4 is 11.4 Å². The van der Waals surface area contributed by atoms with E-state index in [-0.39, 0.29) is 0 Å². The van der Waals surface area contributed by atoms with Gasteiger partial charge in [-0.05, 0) is 59.9 Å². The fraction of sp³-hybridized carbons (Fsp3) is 0.0833. The molecule has 0 spiro atoms. The molecule has 1 aliphatic carbocycles. The van der Waals surface area contributed by atoms with Crippen LogP contribution in [0.1, 0.15) is 12.8 Å². The third-order valence-corrected chi connectivity index (χ3v) is 4.65. The molecule has 3 N–H and O–H groups in total. The van der Waals surface area contributed by atoms with E-state index >= 15 is 0 Å². The van der Waals surface area contributed by atoms with E-state index in [2.05, 4.69) is 84.2 Å². The van der Waals surface area contributed by atoms with Crippen molar-refractivity contribution in [3.63, 3.8) is 0 Å². The molecule has 0 atom stereocenters. The Balaban J connectivity index is 1.69. The minimum atomic E-state index is 0.786. The van der Waals surface area contributed by atoms with Gasteiger partial charge in [0.1, 0.15) is 0 Å². The Morgan fingerprint density at radius 2 is 1.58 bits per heavy atom. The van der Waals surface area contributed by atoms with E-state index in [1.807, 2.05) is 12.1 Å². The summed E-state index contributed by atoms with van der Waals surface area (Å²) in [6.07, 6.45) is 8.62. The van der Waals surface area contributed by atoms with Gasteiger partial charge in [-0.15, -0.1) is 0 Å². The highest BCUT2D eigenvalue weighted by molar-refractivity contribution is 5.82. The number of benzene rings is 3. The standard InChI is InChI=1S/C24H22N2/c25-21-15-13-18(14-16-21)19-7-6-8-20(17-19)23-11-4-5-12-24(23)26-22-9-2-1-3-10-22/h1-2,4-9,11-17,26H,3,10,25H2. The predicted octanol–water partition coefficient (Wildman–Crippen LogP) is 6.25. The summed E-state index contributed by atoms with van der Waals surface area (Å²) < 4.78 is 0. The molecule has 2 nitrogen and oxygen atoms in total. The van der Waals surface area contributed by atoms with Crippen molar-refractivity contribution in [3.8, 4) is 22.3 Å². The summed E-state index contributed by atoms with van der Waals surface area (Å²) in [5, 5.41) is 3.61. The van der Waals surface area contributed by atoms with E-state index in [1.54, 1.807) is 0 Å². The fourth-order valence-corrected chi connectivity index (χ4v) is 3.27. The molecule has 3 aromatic rings. The monoisotopic (exact) mass is 338 g/mol. The molecule has 2 heteroatoms. The maximum Gasteiger partial charge on any atom is 0.0461 e. The molecule has 26 heavy (non-hydrogen) atoms. The van der Waals surface area contributed by atoms with Crippen molar-refractivity contribution in [2.75, 3.05) is 11.1 Å². The van der Waals surface area contributed by atoms with Gasteiger partial charge >= 0.3 is 0 Å². The highest BCUT2D eigenvalue weighted by Crippen LogP contribution is 2.32. The van der Waals surface area contributed by atoms with Gasteiger partial charge in [0.15, 0.2) is 0 Å². The molecular weight excluding hydrogens is 316 g/mol. The second-order valence-corrected chi connectivity index (χ2v) is 6.53. The number of allylic oxidation sites excluding steroid dienone is 4. The van der Waals surface area contributed by atoms with Gasteiger partial charge in [-0.2, -0.15) is 0 Å². The van der Waals surface area contributed by atoms with Crippen LogP contribution in [0.5, 0.6) is 0 Å². The number of nitrogens with two attached hydrogens (primary N) is 1. The fourth-order valence-electron chi connectivity index (χ4n) is 3.27. The van der Waals surface area contributed by atoms with Crippen LogP contribution in [0, 0.1) is 0 Å². The second-order valence-electron chi connectivity index (χ2n) is 6.53. The Bertz CT molecular complexity index is 966. The summed E-state index contributed by atoms with van der Waals surface area (Å²) in [6, 6.07) is 25.2. The summed E-state index contributed by atoms with van der Waals surface area (Å²) in [5.74, 6) is 0. The first-order chi connectivity index (χ1) is 12.8. The SMILES string of the molecule is Nc1ccc(-c2cccc(-c3ccccc3NC3=CC=CCC3)c2)cc1. The second kappa shape index (κ2) is 7.32. The molecular formula is C24H22N2. The molecule has 0 saturated heterocycles. The molecule has 0 bridgehead atoms. The Hall–Kier alpha value is -3.26. The van der Waals surface area contributed by atoms with Crippen molar-refractivity contribution in [1.29, 1.82) is 0 Å². The Morgan fingerprint density at radius 1 is 0.769 bits per heavy atom. The van der Waals surface area contributed by atoms with Crippen LogP contribution in [0.4, 0.5) is 11.4 Å². The normalized spacial score (nSPS) is 13.3. The summed E-state index contributed by atoms with van der Waals surface area (Å²) in [4.78, 5) is 0. The summed E-state index contributed by atoms with van der Waals surface area (Å²) in [5.41, 5.74) is 13.8. The first-order valence-corrected chi connectivity index (χ1v) is 8.98. The third kappa shape index (κ3) is 3.55. The van der Waals surface area contributed by atoms with Crippen LogP contribution in [0.3, 0.4) is 0 Å². The maximum atomic E-state index is 5.82. The van der Waals surface area contributed by atoms with Gasteiger partial charge in [0.05, 0.1) is 0 Å². The number of nitrogen functional groups attached to an aromatic ring is 1. The van der Waals surface area contributed by atoms with Crippen LogP contribution in [0.2, 0.25) is 0 Å². The molecule has 0 radical (unpaired) electrons. The Labute approximate surface area is 154 Å². The number of hydrogen-bond donors (Lipinski definition) is 2. The first-order valence-electron chi connectivity index (χ1n) is 8.98. The molecule has 0 aromatic heterocycles. The van der Waals surface area contributed by atoms with Gasteiger partial charge in [0.25, 0.3) is 0 Å². The van der Waals surface area contributed by atoms with E-state index in [0.717, 1.165) is 24.2 Å². The first kappa shape index (κ1) is 16.2. The zero-order chi connectivity index (χ0) is 17.8. The number of nitrogens with one attached hydrogen (secondary N) is 1. The molecule has 0 unspecified atom stereocenters. The van der Waals surface area contributed by atoms with Crippen LogP contribution in [-0.4, -0.2) is 0 Å². The lowest BCUT2D eigenvalue weighted by Crippen LogP contribution is -2.02. The van der Waals surface area contributed by atoms with Crippen molar-refractivity contribution in [3.05, 3.63) is 96.7 Å². The quantitative estimate of drug-likeness (QED) is 0.552. The largest absolute Gasteiger partial charge is 0.399 e. The van der Waals surface area contributed by atoms with Gasteiger partial charge in [0, 0.05) is 22.6 Å². The maximum absolute atomic E-state index is 5.82. The van der Waals surface area contributed by atoms with Crippen molar-refractivity contribution in [2.45, 2.75) is 12.8 Å². The van der Waals surface area contributed by atoms with Gasteiger partial charge in [-0.3, -0.25) is 0 Å². The lowest BCUT2D eigenvalue weighted by atomic mass is 9.97. The van der Waals surface area contributed by atoms with Crippen LogP contribution < -0.4 is 11.1 Å². The van der Waals surface area contributed by atoms with Crippen LogP contribution in [0.15, 0.2) is 96.7 Å². The number of para-hydroxylation sites is 1. The molecule has 128 valence electrons. The van der Waals surface area contributed by atoms with Gasteiger partial charge in [0.2, 0.25) is 0 Å². The highest BCUT2D eigenvalue weighted by atomic mass is 14.9. The molecule has 0 aliphatic heterocycles. The summed E-state index contributed by atoms with van der Waals surface area (Å²) >= 11 is 0. The predicted molar refractivity (Wildman–Crippen MR) is 112 cm³/mol. The van der Waals surface area contributed by atoms with Crippen LogP contribution in [-0.2, 0) is 0 Å². The highest BCUT2D eigenvalue weighted by Gasteiger charge is 2.08. The van der Waals surface area contributed by atoms with E-state index < -0.39 is 0 Å². The van der Waals surface area contributed by atoms with Gasteiger partial charge < -0.3 is 11.1 Å². The molecule has 0 saturated carbocycles. The van der Waals surface area contributed by atoms with Crippen molar-refractivity contribution in [1.82, 2.24) is 0 Å². The minimum Gasteiger partial charge on any atom is -0.399 e. The smallest absolute Gasteiger partial charge is 0.0461 e. The Kier molecular flexibility index (Phi) is 4.57. The number of rotatable bonds is 4. The molecule has 4 rings (SSSR count). The summed E-state index contributed by atoms with van der Waals surface area (Å²) in [7, 11) is 0. The molecule has 3 aromatic carbocycles. The molecule has 0 fully saturated rings. The van der Waals surface area contributed by atoms with Gasteiger partial charge in [-0.25, -0.2) is 0 Å². The minimum absolute atomic E-state index is 0.786. The third-order valence-electron chi connectivity index (χ3n) is 4.65. The average Bonchev–Trinajstić information content (AvgIpc) is 2.70. The molecule has 0 amide bonds. The van der Waals surface area contributed by atoms with Crippen molar-refractivity contribution in [2.24, 2.45) is 0 Å². The zero-order valence-electron chi connectivity index (χ0n) is 14.7. The van der Waals surface area contributed by atoms with Gasteiger partial charge in [-0.1, -0.05) is 60.7 Å².